The molecule has 0 saturated carbocycles. The fourth-order valence-electron chi connectivity index (χ4n) is 1.84. The topological polar surface area (TPSA) is 90.9 Å². The second-order valence-electron chi connectivity index (χ2n) is 4.42. The number of hydrogen-bond acceptors (Lipinski definition) is 5. The molecule has 2 aromatic heterocycles. The molecule has 2 rings (SSSR count). The van der Waals surface area contributed by atoms with Gasteiger partial charge in [-0.15, -0.1) is 0 Å². The van der Waals surface area contributed by atoms with Gasteiger partial charge in [-0.2, -0.15) is 0 Å². The number of nitrogens with two attached hydrogens (primary N) is 1. The van der Waals surface area contributed by atoms with Gasteiger partial charge in [0.15, 0.2) is 0 Å². The van der Waals surface area contributed by atoms with E-state index in [4.69, 9.17) is 5.73 Å². The van der Waals surface area contributed by atoms with Crippen LogP contribution in [-0.2, 0) is 16.4 Å². The van der Waals surface area contributed by atoms with Gasteiger partial charge >= 0.3 is 0 Å². The van der Waals surface area contributed by atoms with E-state index in [1.807, 2.05) is 4.57 Å². The zero-order chi connectivity index (χ0) is 13.9. The summed E-state index contributed by atoms with van der Waals surface area (Å²) in [6.07, 6.45) is 8.46. The first-order valence-corrected chi connectivity index (χ1v) is 7.91. The molecule has 6 nitrogen and oxygen atoms in total. The first-order chi connectivity index (χ1) is 8.97. The highest BCUT2D eigenvalue weighted by Crippen LogP contribution is 2.24. The highest BCUT2D eigenvalue weighted by atomic mass is 32.2. The minimum Gasteiger partial charge on any atom is -0.398 e. The van der Waals surface area contributed by atoms with Crippen molar-refractivity contribution in [1.82, 2.24) is 14.5 Å². The van der Waals surface area contributed by atoms with Crippen LogP contribution < -0.4 is 5.73 Å². The molecule has 0 bridgehead atoms. The molecule has 2 N–H and O–H groups in total. The van der Waals surface area contributed by atoms with Gasteiger partial charge in [-0.1, -0.05) is 0 Å². The lowest BCUT2D eigenvalue weighted by Crippen LogP contribution is -2.08. The number of anilines is 1. The van der Waals surface area contributed by atoms with Crippen LogP contribution in [0.3, 0.4) is 0 Å². The third kappa shape index (κ3) is 3.54. The lowest BCUT2D eigenvalue weighted by atomic mass is 10.2. The van der Waals surface area contributed by atoms with Crippen molar-refractivity contribution in [3.05, 3.63) is 31.0 Å². The van der Waals surface area contributed by atoms with E-state index >= 15 is 0 Å². The maximum atomic E-state index is 11.1. The number of aromatic nitrogens is 3. The Balaban J connectivity index is 2.17. The number of sulfone groups is 1. The van der Waals surface area contributed by atoms with E-state index in [0.29, 0.717) is 18.7 Å². The molecule has 0 fully saturated rings. The smallest absolute Gasteiger partial charge is 0.147 e. The largest absolute Gasteiger partial charge is 0.398 e. The maximum Gasteiger partial charge on any atom is 0.147 e. The lowest BCUT2D eigenvalue weighted by molar-refractivity contribution is 0.592. The second-order valence-corrected chi connectivity index (χ2v) is 6.68. The Morgan fingerprint density at radius 1 is 1.32 bits per heavy atom. The number of aryl methyl sites for hydroxylation is 1. The number of hydrogen-bond donors (Lipinski definition) is 1. The number of nitrogen functional groups attached to an aromatic ring is 1. The Bertz CT molecular complexity index is 664. The monoisotopic (exact) mass is 280 g/mol. The average Bonchev–Trinajstić information content (AvgIpc) is 2.76. The maximum absolute atomic E-state index is 11.1. The zero-order valence-electron chi connectivity index (χ0n) is 10.7. The summed E-state index contributed by atoms with van der Waals surface area (Å²) in [6, 6.07) is 1.73. The van der Waals surface area contributed by atoms with Crippen LogP contribution >= 0.6 is 0 Å². The van der Waals surface area contributed by atoms with E-state index in [9.17, 15) is 8.42 Å². The molecule has 0 atom stereocenters. The summed E-state index contributed by atoms with van der Waals surface area (Å²) in [7, 11) is -2.93. The summed E-state index contributed by atoms with van der Waals surface area (Å²) < 4.78 is 24.1. The Morgan fingerprint density at radius 2 is 2.11 bits per heavy atom. The van der Waals surface area contributed by atoms with Gasteiger partial charge in [-0.3, -0.25) is 4.98 Å². The van der Waals surface area contributed by atoms with E-state index < -0.39 is 9.84 Å². The van der Waals surface area contributed by atoms with Gasteiger partial charge < -0.3 is 10.3 Å². The number of rotatable bonds is 5. The molecule has 0 aliphatic carbocycles. The quantitative estimate of drug-likeness (QED) is 0.881. The van der Waals surface area contributed by atoms with Crippen molar-refractivity contribution in [1.29, 1.82) is 0 Å². The first-order valence-electron chi connectivity index (χ1n) is 5.85. The van der Waals surface area contributed by atoms with Crippen molar-refractivity contribution in [2.75, 3.05) is 17.7 Å². The predicted molar refractivity (Wildman–Crippen MR) is 74.2 cm³/mol. The van der Waals surface area contributed by atoms with Crippen LogP contribution in [0.1, 0.15) is 6.42 Å². The summed E-state index contributed by atoms with van der Waals surface area (Å²) >= 11 is 0. The standard InChI is InChI=1S/C12H16N4O2S/c1-19(17,18)6-2-5-16-9-15-8-12(16)10-7-14-4-3-11(10)13/h3-4,7-9H,2,5-6H2,1H3,(H2,13,14). The molecule has 0 radical (unpaired) electrons. The highest BCUT2D eigenvalue weighted by molar-refractivity contribution is 7.90. The minimum absolute atomic E-state index is 0.160. The van der Waals surface area contributed by atoms with Crippen molar-refractivity contribution < 1.29 is 8.42 Å². The Morgan fingerprint density at radius 3 is 2.79 bits per heavy atom. The lowest BCUT2D eigenvalue weighted by Gasteiger charge is -2.09. The van der Waals surface area contributed by atoms with E-state index in [-0.39, 0.29) is 5.75 Å². The summed E-state index contributed by atoms with van der Waals surface area (Å²) in [6.45, 7) is 0.580. The molecule has 0 amide bonds. The van der Waals surface area contributed by atoms with Gasteiger partial charge in [0.05, 0.1) is 24.0 Å². The Hall–Kier alpha value is -1.89. The first kappa shape index (κ1) is 13.5. The van der Waals surface area contributed by atoms with E-state index in [2.05, 4.69) is 9.97 Å². The molecule has 0 aliphatic rings. The summed E-state index contributed by atoms with van der Waals surface area (Å²) in [5.41, 5.74) is 8.18. The van der Waals surface area contributed by atoms with Gasteiger partial charge in [0.1, 0.15) is 9.84 Å². The van der Waals surface area contributed by atoms with E-state index in [0.717, 1.165) is 11.3 Å². The van der Waals surface area contributed by atoms with Crippen LogP contribution in [0.4, 0.5) is 5.69 Å². The van der Waals surface area contributed by atoms with Crippen molar-refractivity contribution in [2.24, 2.45) is 0 Å². The van der Waals surface area contributed by atoms with Gasteiger partial charge in [-0.25, -0.2) is 13.4 Å². The van der Waals surface area contributed by atoms with Crippen LogP contribution in [0.5, 0.6) is 0 Å². The zero-order valence-corrected chi connectivity index (χ0v) is 11.5. The third-order valence-electron chi connectivity index (χ3n) is 2.76. The normalized spacial score (nSPS) is 11.6. The van der Waals surface area contributed by atoms with Crippen LogP contribution in [-0.4, -0.2) is 35.0 Å². The summed E-state index contributed by atoms with van der Waals surface area (Å²) in [5.74, 6) is 0.160. The fourth-order valence-corrected chi connectivity index (χ4v) is 2.49. The van der Waals surface area contributed by atoms with Crippen molar-refractivity contribution in [2.45, 2.75) is 13.0 Å². The number of nitrogens with zero attached hydrogens (tertiary/aromatic N) is 3. The Labute approximate surface area is 112 Å². The number of pyridine rings is 1. The average molecular weight is 280 g/mol. The van der Waals surface area contributed by atoms with Crippen molar-refractivity contribution in [3.63, 3.8) is 0 Å². The molecule has 0 saturated heterocycles. The van der Waals surface area contributed by atoms with Crippen LogP contribution in [0.2, 0.25) is 0 Å². The molecule has 7 heteroatoms. The van der Waals surface area contributed by atoms with Crippen LogP contribution in [0, 0.1) is 0 Å². The van der Waals surface area contributed by atoms with Crippen molar-refractivity contribution in [3.8, 4) is 11.3 Å². The SMILES string of the molecule is CS(=O)(=O)CCCn1cncc1-c1cnccc1N. The molecule has 0 unspecified atom stereocenters. The predicted octanol–water partition coefficient (Wildman–Crippen LogP) is 0.962. The van der Waals surface area contributed by atoms with Crippen LogP contribution in [0.15, 0.2) is 31.0 Å². The van der Waals surface area contributed by atoms with Gasteiger partial charge in [0.2, 0.25) is 0 Å². The molecule has 2 heterocycles. The minimum atomic E-state index is -2.93. The van der Waals surface area contributed by atoms with Gasteiger partial charge in [0.25, 0.3) is 0 Å². The summed E-state index contributed by atoms with van der Waals surface area (Å²) in [5, 5.41) is 0. The van der Waals surface area contributed by atoms with Gasteiger partial charge in [-0.05, 0) is 12.5 Å². The molecule has 0 aromatic carbocycles. The van der Waals surface area contributed by atoms with E-state index in [1.54, 1.807) is 31.0 Å². The molecule has 0 aliphatic heterocycles. The molecule has 0 spiro atoms. The molecule has 102 valence electrons. The Kier molecular flexibility index (Phi) is 3.84. The van der Waals surface area contributed by atoms with Crippen molar-refractivity contribution >= 4 is 15.5 Å². The number of imidazole rings is 1. The van der Waals surface area contributed by atoms with Crippen LogP contribution in [0.25, 0.3) is 11.3 Å². The summed E-state index contributed by atoms with van der Waals surface area (Å²) in [4.78, 5) is 8.13. The van der Waals surface area contributed by atoms with E-state index in [1.165, 1.54) is 6.26 Å². The highest BCUT2D eigenvalue weighted by Gasteiger charge is 2.09. The second kappa shape index (κ2) is 5.40. The third-order valence-corrected chi connectivity index (χ3v) is 3.79. The fraction of sp³-hybridized carbons (Fsp3) is 0.333. The van der Waals surface area contributed by atoms with Gasteiger partial charge in [0, 0.05) is 36.4 Å². The molecular formula is C12H16N4O2S. The molecule has 2 aromatic rings. The molecular weight excluding hydrogens is 264 g/mol. The molecule has 19 heavy (non-hydrogen) atoms.